The summed E-state index contributed by atoms with van der Waals surface area (Å²) in [4.78, 5) is -0.175. The highest BCUT2D eigenvalue weighted by Crippen LogP contribution is 2.33. The average Bonchev–Trinajstić information content (AvgIpc) is 3.18. The van der Waals surface area contributed by atoms with E-state index in [1.807, 2.05) is 0 Å². The number of sulfone groups is 1. The SMILES string of the molecule is CCN(CC1CC1)S(=O)(=O)c1cc(S(C)(=O)=O)ccc1N. The number of hydrogen-bond acceptors (Lipinski definition) is 5. The summed E-state index contributed by atoms with van der Waals surface area (Å²) >= 11 is 0. The van der Waals surface area contributed by atoms with Crippen LogP contribution in [0.3, 0.4) is 0 Å². The van der Waals surface area contributed by atoms with E-state index in [1.54, 1.807) is 6.92 Å². The minimum Gasteiger partial charge on any atom is -0.398 e. The molecule has 0 radical (unpaired) electrons. The quantitative estimate of drug-likeness (QED) is 0.787. The second-order valence-electron chi connectivity index (χ2n) is 5.37. The molecule has 0 spiro atoms. The van der Waals surface area contributed by atoms with Crippen LogP contribution in [-0.4, -0.2) is 40.5 Å². The fourth-order valence-electron chi connectivity index (χ4n) is 2.09. The first-order valence-electron chi connectivity index (χ1n) is 6.76. The van der Waals surface area contributed by atoms with Crippen LogP contribution in [0, 0.1) is 5.92 Å². The molecule has 2 rings (SSSR count). The van der Waals surface area contributed by atoms with E-state index in [0.717, 1.165) is 25.2 Å². The van der Waals surface area contributed by atoms with E-state index >= 15 is 0 Å². The van der Waals surface area contributed by atoms with Crippen molar-refractivity contribution in [3.63, 3.8) is 0 Å². The molecule has 1 aliphatic rings. The summed E-state index contributed by atoms with van der Waals surface area (Å²) in [6.07, 6.45) is 3.10. The van der Waals surface area contributed by atoms with Gasteiger partial charge >= 0.3 is 0 Å². The van der Waals surface area contributed by atoms with Gasteiger partial charge in [0.15, 0.2) is 9.84 Å². The summed E-state index contributed by atoms with van der Waals surface area (Å²) in [5.41, 5.74) is 5.82. The maximum absolute atomic E-state index is 12.7. The Morgan fingerprint density at radius 1 is 1.24 bits per heavy atom. The molecule has 2 N–H and O–H groups in total. The second kappa shape index (κ2) is 5.58. The van der Waals surface area contributed by atoms with E-state index in [9.17, 15) is 16.8 Å². The molecule has 0 atom stereocenters. The summed E-state index contributed by atoms with van der Waals surface area (Å²) < 4.78 is 49.9. The monoisotopic (exact) mass is 332 g/mol. The Bertz CT molecular complexity index is 737. The Kier molecular flexibility index (Phi) is 4.32. The molecule has 6 nitrogen and oxygen atoms in total. The Balaban J connectivity index is 2.47. The Labute approximate surface area is 125 Å². The van der Waals surface area contributed by atoms with Gasteiger partial charge in [-0.3, -0.25) is 0 Å². The van der Waals surface area contributed by atoms with Crippen LogP contribution in [0.15, 0.2) is 28.0 Å². The molecule has 0 saturated heterocycles. The van der Waals surface area contributed by atoms with Crippen LogP contribution in [-0.2, 0) is 19.9 Å². The van der Waals surface area contributed by atoms with Gasteiger partial charge in [-0.05, 0) is 37.0 Å². The highest BCUT2D eigenvalue weighted by molar-refractivity contribution is 7.91. The summed E-state index contributed by atoms with van der Waals surface area (Å²) in [5.74, 6) is 0.402. The van der Waals surface area contributed by atoms with Gasteiger partial charge in [0.05, 0.1) is 10.6 Å². The molecule has 0 heterocycles. The lowest BCUT2D eigenvalue weighted by Gasteiger charge is -2.21. The lowest BCUT2D eigenvalue weighted by molar-refractivity contribution is 0.412. The first-order chi connectivity index (χ1) is 9.66. The van der Waals surface area contributed by atoms with E-state index < -0.39 is 19.9 Å². The predicted molar refractivity (Wildman–Crippen MR) is 81.1 cm³/mol. The number of hydrogen-bond donors (Lipinski definition) is 1. The van der Waals surface area contributed by atoms with Crippen LogP contribution in [0.25, 0.3) is 0 Å². The lowest BCUT2D eigenvalue weighted by atomic mass is 10.3. The molecule has 1 aromatic rings. The zero-order chi connectivity index (χ0) is 15.8. The summed E-state index contributed by atoms with van der Waals surface area (Å²) in [7, 11) is -7.26. The van der Waals surface area contributed by atoms with Gasteiger partial charge in [0.1, 0.15) is 4.90 Å². The zero-order valence-electron chi connectivity index (χ0n) is 12.1. The summed E-state index contributed by atoms with van der Waals surface area (Å²) in [6.45, 7) is 2.55. The number of anilines is 1. The van der Waals surface area contributed by atoms with Gasteiger partial charge in [-0.1, -0.05) is 6.92 Å². The molecule has 0 aromatic heterocycles. The molecule has 8 heteroatoms. The molecule has 118 valence electrons. The van der Waals surface area contributed by atoms with Crippen molar-refractivity contribution in [1.82, 2.24) is 4.31 Å². The van der Waals surface area contributed by atoms with Crippen molar-refractivity contribution in [2.45, 2.75) is 29.6 Å². The van der Waals surface area contributed by atoms with Crippen molar-refractivity contribution in [2.75, 3.05) is 25.1 Å². The third-order valence-electron chi connectivity index (χ3n) is 3.54. The van der Waals surface area contributed by atoms with Crippen molar-refractivity contribution >= 4 is 25.5 Å². The van der Waals surface area contributed by atoms with Crippen molar-refractivity contribution in [2.24, 2.45) is 5.92 Å². The molecular weight excluding hydrogens is 312 g/mol. The topological polar surface area (TPSA) is 97.5 Å². The van der Waals surface area contributed by atoms with Crippen LogP contribution in [0.5, 0.6) is 0 Å². The van der Waals surface area contributed by atoms with Gasteiger partial charge in [0, 0.05) is 19.3 Å². The number of nitrogens with zero attached hydrogens (tertiary/aromatic N) is 1. The lowest BCUT2D eigenvalue weighted by Crippen LogP contribution is -2.33. The average molecular weight is 332 g/mol. The minimum atomic E-state index is -3.78. The van der Waals surface area contributed by atoms with Gasteiger partial charge in [-0.2, -0.15) is 4.31 Å². The standard InChI is InChI=1S/C13H20N2O4S2/c1-3-15(9-10-4-5-10)21(18,19)13-8-11(20(2,16)17)6-7-12(13)14/h6-8,10H,3-5,9,14H2,1-2H3. The largest absolute Gasteiger partial charge is 0.398 e. The highest BCUT2D eigenvalue weighted by Gasteiger charge is 2.32. The Hall–Kier alpha value is -1.12. The van der Waals surface area contributed by atoms with Crippen molar-refractivity contribution in [1.29, 1.82) is 0 Å². The molecule has 1 saturated carbocycles. The van der Waals surface area contributed by atoms with Gasteiger partial charge < -0.3 is 5.73 Å². The first-order valence-corrected chi connectivity index (χ1v) is 10.1. The number of benzene rings is 1. The third-order valence-corrected chi connectivity index (χ3v) is 6.65. The Morgan fingerprint density at radius 2 is 1.86 bits per heavy atom. The van der Waals surface area contributed by atoms with E-state index in [-0.39, 0.29) is 15.5 Å². The van der Waals surface area contributed by atoms with Crippen LogP contribution in [0.1, 0.15) is 19.8 Å². The molecular formula is C13H20N2O4S2. The fraction of sp³-hybridized carbons (Fsp3) is 0.538. The molecule has 0 unspecified atom stereocenters. The smallest absolute Gasteiger partial charge is 0.245 e. The van der Waals surface area contributed by atoms with Crippen molar-refractivity contribution < 1.29 is 16.8 Å². The number of nitrogens with two attached hydrogens (primary N) is 1. The van der Waals surface area contributed by atoms with E-state index in [2.05, 4.69) is 0 Å². The highest BCUT2D eigenvalue weighted by atomic mass is 32.2. The summed E-state index contributed by atoms with van der Waals surface area (Å²) in [6, 6.07) is 3.80. The first kappa shape index (κ1) is 16.3. The maximum Gasteiger partial charge on any atom is 0.245 e. The fourth-order valence-corrected chi connectivity index (χ4v) is 4.48. The molecule has 1 fully saturated rings. The normalized spacial score (nSPS) is 16.3. The number of sulfonamides is 1. The van der Waals surface area contributed by atoms with Crippen molar-refractivity contribution in [3.8, 4) is 0 Å². The molecule has 0 amide bonds. The van der Waals surface area contributed by atoms with Gasteiger partial charge in [0.2, 0.25) is 10.0 Å². The van der Waals surface area contributed by atoms with Crippen LogP contribution < -0.4 is 5.73 Å². The zero-order valence-corrected chi connectivity index (χ0v) is 13.7. The third kappa shape index (κ3) is 3.56. The predicted octanol–water partition coefficient (Wildman–Crippen LogP) is 1.09. The van der Waals surface area contributed by atoms with E-state index in [4.69, 9.17) is 5.73 Å². The van der Waals surface area contributed by atoms with Crippen LogP contribution in [0.4, 0.5) is 5.69 Å². The number of nitrogen functional groups attached to an aromatic ring is 1. The molecule has 1 aromatic carbocycles. The summed E-state index contributed by atoms with van der Waals surface area (Å²) in [5, 5.41) is 0. The minimum absolute atomic E-state index is 0.0437. The van der Waals surface area contributed by atoms with Gasteiger partial charge in [0.25, 0.3) is 0 Å². The van der Waals surface area contributed by atoms with Gasteiger partial charge in [-0.25, -0.2) is 16.8 Å². The van der Waals surface area contributed by atoms with Gasteiger partial charge in [-0.15, -0.1) is 0 Å². The molecule has 0 bridgehead atoms. The molecule has 0 aliphatic heterocycles. The molecule has 21 heavy (non-hydrogen) atoms. The van der Waals surface area contributed by atoms with Crippen LogP contribution >= 0.6 is 0 Å². The van der Waals surface area contributed by atoms with E-state index in [0.29, 0.717) is 19.0 Å². The van der Waals surface area contributed by atoms with Crippen molar-refractivity contribution in [3.05, 3.63) is 18.2 Å². The maximum atomic E-state index is 12.7. The second-order valence-corrected chi connectivity index (χ2v) is 9.29. The molecule has 1 aliphatic carbocycles. The Morgan fingerprint density at radius 3 is 2.33 bits per heavy atom. The van der Waals surface area contributed by atoms with E-state index in [1.165, 1.54) is 16.4 Å². The number of rotatable bonds is 6. The van der Waals surface area contributed by atoms with Crippen LogP contribution in [0.2, 0.25) is 0 Å².